The van der Waals surface area contributed by atoms with Crippen molar-refractivity contribution in [2.24, 2.45) is 0 Å². The molecule has 0 saturated carbocycles. The summed E-state index contributed by atoms with van der Waals surface area (Å²) in [4.78, 5) is 2.36. The van der Waals surface area contributed by atoms with E-state index in [0.29, 0.717) is 5.33 Å². The molecule has 1 atom stereocenters. The topological polar surface area (TPSA) is 23.5 Å². The van der Waals surface area contributed by atoms with E-state index in [9.17, 15) is 5.11 Å². The minimum atomic E-state index is -0.401. The summed E-state index contributed by atoms with van der Waals surface area (Å²) in [5, 5.41) is 10.5. The number of aliphatic hydroxyl groups excluding tert-OH is 1. The molecule has 0 amide bonds. The fraction of sp³-hybridized carbons (Fsp3) is 0.500. The number of anilines is 1. The Bertz CT molecular complexity index is 323. The van der Waals surface area contributed by atoms with Crippen LogP contribution in [0, 0.1) is 0 Å². The first-order valence-corrected chi connectivity index (χ1v) is 6.53. The molecule has 0 aliphatic carbocycles. The van der Waals surface area contributed by atoms with Crippen LogP contribution in [0.2, 0.25) is 0 Å². The van der Waals surface area contributed by atoms with E-state index in [-0.39, 0.29) is 0 Å². The van der Waals surface area contributed by atoms with Gasteiger partial charge < -0.3 is 10.0 Å². The van der Waals surface area contributed by atoms with Gasteiger partial charge in [0.25, 0.3) is 0 Å². The molecule has 1 aliphatic heterocycles. The zero-order valence-corrected chi connectivity index (χ0v) is 10.3. The maximum atomic E-state index is 9.90. The van der Waals surface area contributed by atoms with Gasteiger partial charge in [-0.2, -0.15) is 0 Å². The summed E-state index contributed by atoms with van der Waals surface area (Å²) in [6, 6.07) is 8.14. The summed E-state index contributed by atoms with van der Waals surface area (Å²) in [7, 11) is 0. The third-order valence-corrected chi connectivity index (χ3v) is 3.50. The maximum absolute atomic E-state index is 9.90. The standard InChI is InChI=1S/C12H16BrNO/c13-9-12(15)10-5-1-2-6-11(10)14-7-3-4-8-14/h1-2,5-6,12,15H,3-4,7-9H2. The van der Waals surface area contributed by atoms with E-state index in [2.05, 4.69) is 26.9 Å². The summed E-state index contributed by atoms with van der Waals surface area (Å²) < 4.78 is 0. The van der Waals surface area contributed by atoms with Crippen LogP contribution in [0.1, 0.15) is 24.5 Å². The molecule has 1 aliphatic rings. The highest BCUT2D eigenvalue weighted by Gasteiger charge is 2.18. The highest BCUT2D eigenvalue weighted by Crippen LogP contribution is 2.29. The molecule has 1 unspecified atom stereocenters. The third kappa shape index (κ3) is 2.34. The summed E-state index contributed by atoms with van der Waals surface area (Å²) in [6.07, 6.45) is 2.12. The fourth-order valence-corrected chi connectivity index (χ4v) is 2.45. The number of hydrogen-bond donors (Lipinski definition) is 1. The van der Waals surface area contributed by atoms with Crippen LogP contribution < -0.4 is 4.90 Å². The Balaban J connectivity index is 2.28. The molecular formula is C12H16BrNO. The first-order valence-electron chi connectivity index (χ1n) is 5.41. The lowest BCUT2D eigenvalue weighted by molar-refractivity contribution is 0.206. The number of hydrogen-bond acceptors (Lipinski definition) is 2. The molecule has 1 N–H and O–H groups in total. The van der Waals surface area contributed by atoms with Crippen molar-refractivity contribution >= 4 is 21.6 Å². The summed E-state index contributed by atoms with van der Waals surface area (Å²) in [5.41, 5.74) is 2.23. The number of para-hydroxylation sites is 1. The van der Waals surface area contributed by atoms with Crippen molar-refractivity contribution in [1.29, 1.82) is 0 Å². The van der Waals surface area contributed by atoms with Crippen molar-refractivity contribution in [2.75, 3.05) is 23.3 Å². The van der Waals surface area contributed by atoms with Gasteiger partial charge >= 0.3 is 0 Å². The van der Waals surface area contributed by atoms with Gasteiger partial charge in [0.15, 0.2) is 0 Å². The van der Waals surface area contributed by atoms with Crippen molar-refractivity contribution in [1.82, 2.24) is 0 Å². The highest BCUT2D eigenvalue weighted by molar-refractivity contribution is 9.09. The van der Waals surface area contributed by atoms with Crippen LogP contribution in [-0.2, 0) is 0 Å². The third-order valence-electron chi connectivity index (χ3n) is 2.89. The van der Waals surface area contributed by atoms with E-state index in [1.165, 1.54) is 18.5 Å². The molecule has 1 aromatic rings. The Morgan fingerprint density at radius 2 is 1.93 bits per heavy atom. The Morgan fingerprint density at radius 1 is 1.27 bits per heavy atom. The number of nitrogens with zero attached hydrogens (tertiary/aromatic N) is 1. The second kappa shape index (κ2) is 4.99. The quantitative estimate of drug-likeness (QED) is 0.854. The second-order valence-corrected chi connectivity index (χ2v) is 4.57. The average molecular weight is 270 g/mol. The van der Waals surface area contributed by atoms with Gasteiger partial charge in [0.2, 0.25) is 0 Å². The zero-order valence-electron chi connectivity index (χ0n) is 8.69. The van der Waals surface area contributed by atoms with E-state index < -0.39 is 6.10 Å². The predicted molar refractivity (Wildman–Crippen MR) is 66.6 cm³/mol. The number of rotatable bonds is 3. The van der Waals surface area contributed by atoms with Gasteiger partial charge in [0, 0.05) is 29.7 Å². The van der Waals surface area contributed by atoms with Gasteiger partial charge in [-0.1, -0.05) is 34.1 Å². The minimum Gasteiger partial charge on any atom is -0.387 e. The van der Waals surface area contributed by atoms with Gasteiger partial charge in [0.1, 0.15) is 0 Å². The lowest BCUT2D eigenvalue weighted by atomic mass is 10.1. The molecule has 0 radical (unpaired) electrons. The predicted octanol–water partition coefficient (Wildman–Crippen LogP) is 2.72. The van der Waals surface area contributed by atoms with Crippen LogP contribution in [0.25, 0.3) is 0 Å². The van der Waals surface area contributed by atoms with E-state index >= 15 is 0 Å². The molecule has 82 valence electrons. The smallest absolute Gasteiger partial charge is 0.0906 e. The summed E-state index contributed by atoms with van der Waals surface area (Å²) in [6.45, 7) is 2.23. The molecule has 0 aromatic heterocycles. The first kappa shape index (κ1) is 11.0. The Labute approximate surface area is 99.0 Å². The lowest BCUT2D eigenvalue weighted by Gasteiger charge is -2.23. The van der Waals surface area contributed by atoms with Gasteiger partial charge in [-0.25, -0.2) is 0 Å². The number of halogens is 1. The molecule has 1 saturated heterocycles. The first-order chi connectivity index (χ1) is 7.33. The molecule has 1 fully saturated rings. The van der Waals surface area contributed by atoms with E-state index in [4.69, 9.17) is 0 Å². The molecule has 0 bridgehead atoms. The Hall–Kier alpha value is -0.540. The lowest BCUT2D eigenvalue weighted by Crippen LogP contribution is -2.20. The minimum absolute atomic E-state index is 0.401. The molecule has 15 heavy (non-hydrogen) atoms. The number of aliphatic hydroxyl groups is 1. The van der Waals surface area contributed by atoms with Crippen LogP contribution in [0.5, 0.6) is 0 Å². The number of benzene rings is 1. The molecule has 0 spiro atoms. The molecule has 1 heterocycles. The van der Waals surface area contributed by atoms with Gasteiger partial charge in [-0.15, -0.1) is 0 Å². The Kier molecular flexibility index (Phi) is 3.65. The van der Waals surface area contributed by atoms with Crippen molar-refractivity contribution < 1.29 is 5.11 Å². The molecular weight excluding hydrogens is 254 g/mol. The molecule has 2 nitrogen and oxygen atoms in total. The molecule has 2 rings (SSSR count). The van der Waals surface area contributed by atoms with Crippen LogP contribution in [0.4, 0.5) is 5.69 Å². The highest BCUT2D eigenvalue weighted by atomic mass is 79.9. The summed E-state index contributed by atoms with van der Waals surface area (Å²) >= 11 is 3.33. The van der Waals surface area contributed by atoms with Crippen molar-refractivity contribution in [2.45, 2.75) is 18.9 Å². The van der Waals surface area contributed by atoms with Crippen LogP contribution >= 0.6 is 15.9 Å². The van der Waals surface area contributed by atoms with Crippen LogP contribution in [-0.4, -0.2) is 23.5 Å². The zero-order chi connectivity index (χ0) is 10.7. The average Bonchev–Trinajstić information content (AvgIpc) is 2.81. The van der Waals surface area contributed by atoms with Gasteiger partial charge in [0.05, 0.1) is 6.10 Å². The monoisotopic (exact) mass is 269 g/mol. The SMILES string of the molecule is OC(CBr)c1ccccc1N1CCCC1. The number of alkyl halides is 1. The molecule has 3 heteroatoms. The van der Waals surface area contributed by atoms with Gasteiger partial charge in [-0.3, -0.25) is 0 Å². The summed E-state index contributed by atoms with van der Waals surface area (Å²) in [5.74, 6) is 0. The van der Waals surface area contributed by atoms with Gasteiger partial charge in [-0.05, 0) is 18.9 Å². The van der Waals surface area contributed by atoms with Crippen LogP contribution in [0.3, 0.4) is 0 Å². The molecule has 1 aromatic carbocycles. The van der Waals surface area contributed by atoms with E-state index in [1.807, 2.05) is 18.2 Å². The van der Waals surface area contributed by atoms with Crippen molar-refractivity contribution in [3.05, 3.63) is 29.8 Å². The largest absolute Gasteiger partial charge is 0.387 e. The van der Waals surface area contributed by atoms with Crippen LogP contribution in [0.15, 0.2) is 24.3 Å². The van der Waals surface area contributed by atoms with E-state index in [0.717, 1.165) is 18.7 Å². The van der Waals surface area contributed by atoms with Crippen molar-refractivity contribution in [3.63, 3.8) is 0 Å². The fourth-order valence-electron chi connectivity index (χ4n) is 2.10. The second-order valence-electron chi connectivity index (χ2n) is 3.92. The Morgan fingerprint density at radius 3 is 2.60 bits per heavy atom. The van der Waals surface area contributed by atoms with Crippen molar-refractivity contribution in [3.8, 4) is 0 Å². The normalized spacial score (nSPS) is 18.1. The van der Waals surface area contributed by atoms with E-state index in [1.54, 1.807) is 0 Å². The maximum Gasteiger partial charge on any atom is 0.0906 e.